The Morgan fingerprint density at radius 3 is 2.60 bits per heavy atom. The van der Waals surface area contributed by atoms with Crippen molar-refractivity contribution in [3.05, 3.63) is 29.6 Å². The molecule has 2 N–H and O–H groups in total. The lowest BCUT2D eigenvalue weighted by molar-refractivity contribution is -0.124. The van der Waals surface area contributed by atoms with Crippen molar-refractivity contribution in [2.24, 2.45) is 0 Å². The van der Waals surface area contributed by atoms with Crippen LogP contribution in [0.2, 0.25) is 0 Å². The molecule has 1 aromatic carbocycles. The molecule has 1 amide bonds. The fraction of sp³-hybridized carbons (Fsp3) is 0.429. The first-order valence-electron chi connectivity index (χ1n) is 6.22. The summed E-state index contributed by atoms with van der Waals surface area (Å²) in [5.74, 6) is -2.98. The van der Waals surface area contributed by atoms with Crippen LogP contribution in [0.5, 0.6) is 5.75 Å². The zero-order valence-electron chi connectivity index (χ0n) is 11.7. The molecule has 0 atom stereocenters. The molecule has 0 aliphatic heterocycles. The predicted octanol–water partition coefficient (Wildman–Crippen LogP) is 2.21. The number of halogens is 1. The second-order valence-electron chi connectivity index (χ2n) is 5.00. The van der Waals surface area contributed by atoms with Crippen molar-refractivity contribution in [3.8, 4) is 5.75 Å². The van der Waals surface area contributed by atoms with Crippen LogP contribution in [-0.2, 0) is 4.79 Å². The number of para-hydroxylation sites is 1. The molecule has 5 nitrogen and oxygen atoms in total. The summed E-state index contributed by atoms with van der Waals surface area (Å²) in [5, 5.41) is 11.6. The highest BCUT2D eigenvalue weighted by Crippen LogP contribution is 2.22. The fourth-order valence-electron chi connectivity index (χ4n) is 1.46. The number of carboxylic acids is 1. The van der Waals surface area contributed by atoms with Gasteiger partial charge in [-0.15, -0.1) is 0 Å². The van der Waals surface area contributed by atoms with Crippen LogP contribution in [0.3, 0.4) is 0 Å². The summed E-state index contributed by atoms with van der Waals surface area (Å²) in [7, 11) is 0. The molecule has 0 spiro atoms. The third kappa shape index (κ3) is 4.22. The molecule has 0 unspecified atom stereocenters. The van der Waals surface area contributed by atoms with E-state index in [1.54, 1.807) is 0 Å². The number of rotatable bonds is 6. The van der Waals surface area contributed by atoms with Gasteiger partial charge < -0.3 is 15.2 Å². The minimum absolute atomic E-state index is 0.312. The second-order valence-corrected chi connectivity index (χ2v) is 5.00. The van der Waals surface area contributed by atoms with E-state index in [0.717, 1.165) is 12.5 Å². The number of hydrogen-bond donors (Lipinski definition) is 2. The van der Waals surface area contributed by atoms with Crippen LogP contribution in [-0.4, -0.2) is 29.1 Å². The first-order valence-corrected chi connectivity index (χ1v) is 6.22. The molecule has 0 aromatic heterocycles. The highest BCUT2D eigenvalue weighted by molar-refractivity contribution is 5.91. The summed E-state index contributed by atoms with van der Waals surface area (Å²) in [6.07, 6.45) is 0.721. The van der Waals surface area contributed by atoms with Crippen molar-refractivity contribution in [3.63, 3.8) is 0 Å². The monoisotopic (exact) mass is 283 g/mol. The van der Waals surface area contributed by atoms with E-state index >= 15 is 0 Å². The first-order chi connectivity index (χ1) is 9.26. The summed E-state index contributed by atoms with van der Waals surface area (Å²) in [4.78, 5) is 22.6. The molecule has 110 valence electrons. The fourth-order valence-corrected chi connectivity index (χ4v) is 1.46. The van der Waals surface area contributed by atoms with E-state index < -0.39 is 35.6 Å². The van der Waals surface area contributed by atoms with Crippen LogP contribution in [0, 0.1) is 5.82 Å². The van der Waals surface area contributed by atoms with E-state index in [9.17, 15) is 14.0 Å². The Morgan fingerprint density at radius 2 is 2.05 bits per heavy atom. The molecule has 0 aliphatic carbocycles. The number of nitrogens with one attached hydrogen (secondary N) is 1. The Balaban J connectivity index is 2.76. The van der Waals surface area contributed by atoms with Crippen molar-refractivity contribution >= 4 is 11.9 Å². The van der Waals surface area contributed by atoms with Gasteiger partial charge in [0, 0.05) is 5.54 Å². The highest BCUT2D eigenvalue weighted by Gasteiger charge is 2.20. The summed E-state index contributed by atoms with van der Waals surface area (Å²) in [5.41, 5.74) is -0.710. The molecular formula is C14H18FNO4. The molecule has 1 aromatic rings. The van der Waals surface area contributed by atoms with Gasteiger partial charge in [-0.3, -0.25) is 4.79 Å². The molecule has 0 fully saturated rings. The summed E-state index contributed by atoms with van der Waals surface area (Å²) in [6.45, 7) is 5.17. The van der Waals surface area contributed by atoms with Crippen molar-refractivity contribution in [1.29, 1.82) is 0 Å². The lowest BCUT2D eigenvalue weighted by Crippen LogP contribution is -2.45. The molecule has 0 heterocycles. The Kier molecular flexibility index (Phi) is 5.07. The second kappa shape index (κ2) is 6.36. The van der Waals surface area contributed by atoms with E-state index in [-0.39, 0.29) is 5.56 Å². The van der Waals surface area contributed by atoms with Crippen LogP contribution >= 0.6 is 0 Å². The van der Waals surface area contributed by atoms with Gasteiger partial charge in [-0.2, -0.15) is 0 Å². The van der Waals surface area contributed by atoms with Gasteiger partial charge in [-0.05, 0) is 32.4 Å². The van der Waals surface area contributed by atoms with E-state index in [4.69, 9.17) is 9.84 Å². The molecule has 0 radical (unpaired) electrons. The molecule has 0 bridgehead atoms. The number of benzene rings is 1. The van der Waals surface area contributed by atoms with Gasteiger partial charge in [0.05, 0.1) is 0 Å². The number of carbonyl (C=O) groups is 2. The molecule has 0 aliphatic rings. The third-order valence-corrected chi connectivity index (χ3v) is 2.91. The van der Waals surface area contributed by atoms with Crippen LogP contribution in [0.1, 0.15) is 37.6 Å². The maximum absolute atomic E-state index is 13.5. The maximum Gasteiger partial charge on any atom is 0.339 e. The van der Waals surface area contributed by atoms with Crippen LogP contribution in [0.4, 0.5) is 4.39 Å². The number of carboxylic acid groups (broad SMARTS) is 1. The maximum atomic E-state index is 13.5. The van der Waals surface area contributed by atoms with Gasteiger partial charge in [0.25, 0.3) is 5.91 Å². The summed E-state index contributed by atoms with van der Waals surface area (Å²) in [6, 6.07) is 3.57. The molecule has 6 heteroatoms. The zero-order valence-corrected chi connectivity index (χ0v) is 11.7. The third-order valence-electron chi connectivity index (χ3n) is 2.91. The minimum Gasteiger partial charge on any atom is -0.480 e. The Bertz CT molecular complexity index is 514. The lowest BCUT2D eigenvalue weighted by atomic mass is 10.0. The number of aromatic carboxylic acids is 1. The van der Waals surface area contributed by atoms with Gasteiger partial charge in [0.1, 0.15) is 5.56 Å². The van der Waals surface area contributed by atoms with Gasteiger partial charge in [0.15, 0.2) is 18.2 Å². The van der Waals surface area contributed by atoms with Crippen LogP contribution in [0.15, 0.2) is 18.2 Å². The number of hydrogen-bond acceptors (Lipinski definition) is 3. The number of amides is 1. The molecule has 20 heavy (non-hydrogen) atoms. The van der Waals surface area contributed by atoms with E-state index in [1.165, 1.54) is 12.1 Å². The van der Waals surface area contributed by atoms with Gasteiger partial charge in [0.2, 0.25) is 0 Å². The van der Waals surface area contributed by atoms with Crippen molar-refractivity contribution in [2.45, 2.75) is 32.7 Å². The highest BCUT2D eigenvalue weighted by atomic mass is 19.1. The van der Waals surface area contributed by atoms with Gasteiger partial charge >= 0.3 is 5.97 Å². The van der Waals surface area contributed by atoms with Gasteiger partial charge in [-0.25, -0.2) is 9.18 Å². The van der Waals surface area contributed by atoms with Crippen molar-refractivity contribution in [1.82, 2.24) is 5.32 Å². The molecule has 1 rings (SSSR count). The van der Waals surface area contributed by atoms with Crippen LogP contribution in [0.25, 0.3) is 0 Å². The number of carbonyl (C=O) groups excluding carboxylic acids is 1. The Labute approximate surface area is 116 Å². The largest absolute Gasteiger partial charge is 0.480 e. The average molecular weight is 283 g/mol. The first kappa shape index (κ1) is 15.9. The van der Waals surface area contributed by atoms with Crippen LogP contribution < -0.4 is 10.1 Å². The van der Waals surface area contributed by atoms with E-state index in [2.05, 4.69) is 5.32 Å². The van der Waals surface area contributed by atoms with E-state index in [1.807, 2.05) is 20.8 Å². The average Bonchev–Trinajstić information content (AvgIpc) is 2.36. The molecule has 0 saturated carbocycles. The number of ether oxygens (including phenoxy) is 1. The Hall–Kier alpha value is -2.11. The van der Waals surface area contributed by atoms with Crippen molar-refractivity contribution < 1.29 is 23.8 Å². The van der Waals surface area contributed by atoms with Gasteiger partial charge in [-0.1, -0.05) is 13.0 Å². The predicted molar refractivity (Wildman–Crippen MR) is 71.4 cm³/mol. The summed E-state index contributed by atoms with van der Waals surface area (Å²) < 4.78 is 18.6. The zero-order chi connectivity index (χ0) is 15.3. The molecule has 0 saturated heterocycles. The summed E-state index contributed by atoms with van der Waals surface area (Å²) >= 11 is 0. The topological polar surface area (TPSA) is 75.6 Å². The quantitative estimate of drug-likeness (QED) is 0.839. The lowest BCUT2D eigenvalue weighted by Gasteiger charge is -2.24. The standard InChI is InChI=1S/C14H18FNO4/c1-4-14(2,3)16-11(17)8-20-12-9(13(18)19)6-5-7-10(12)15/h5-7H,4,8H2,1-3H3,(H,16,17)(H,18,19). The van der Waals surface area contributed by atoms with E-state index in [0.29, 0.717) is 0 Å². The van der Waals surface area contributed by atoms with Crippen molar-refractivity contribution in [2.75, 3.05) is 6.61 Å². The normalized spacial score (nSPS) is 11.0. The SMILES string of the molecule is CCC(C)(C)NC(=O)COc1c(F)cccc1C(=O)O. The smallest absolute Gasteiger partial charge is 0.339 e. The minimum atomic E-state index is -1.31. The molecular weight excluding hydrogens is 265 g/mol. The Morgan fingerprint density at radius 1 is 1.40 bits per heavy atom.